The number of ether oxygens (including phenoxy) is 1. The Morgan fingerprint density at radius 2 is 1.89 bits per heavy atom. The first-order chi connectivity index (χ1) is 8.63. The molecule has 0 aromatic heterocycles. The normalized spacial score (nSPS) is 12.2. The SMILES string of the molecule is COc1ccc(C(O)c2ccccc2C)cc1Br. The Kier molecular flexibility index (Phi) is 4.04. The van der Waals surface area contributed by atoms with Crippen LogP contribution in [0.4, 0.5) is 0 Å². The van der Waals surface area contributed by atoms with Crippen molar-refractivity contribution < 1.29 is 9.84 Å². The fourth-order valence-electron chi connectivity index (χ4n) is 1.93. The summed E-state index contributed by atoms with van der Waals surface area (Å²) in [6, 6.07) is 13.5. The van der Waals surface area contributed by atoms with Gasteiger partial charge in [-0.05, 0) is 51.7 Å². The van der Waals surface area contributed by atoms with E-state index < -0.39 is 6.10 Å². The van der Waals surface area contributed by atoms with Crippen molar-refractivity contribution in [3.63, 3.8) is 0 Å². The van der Waals surface area contributed by atoms with Crippen molar-refractivity contribution in [1.82, 2.24) is 0 Å². The van der Waals surface area contributed by atoms with Gasteiger partial charge in [-0.2, -0.15) is 0 Å². The van der Waals surface area contributed by atoms with Crippen LogP contribution < -0.4 is 4.74 Å². The van der Waals surface area contributed by atoms with Crippen LogP contribution in [-0.2, 0) is 0 Å². The molecule has 3 heteroatoms. The fraction of sp³-hybridized carbons (Fsp3) is 0.200. The maximum atomic E-state index is 10.4. The molecule has 0 aliphatic heterocycles. The highest BCUT2D eigenvalue weighted by Crippen LogP contribution is 2.31. The predicted octanol–water partition coefficient (Wildman–Crippen LogP) is 3.85. The topological polar surface area (TPSA) is 29.5 Å². The van der Waals surface area contributed by atoms with E-state index in [1.807, 2.05) is 49.4 Å². The number of rotatable bonds is 3. The van der Waals surface area contributed by atoms with Crippen molar-refractivity contribution in [2.75, 3.05) is 7.11 Å². The van der Waals surface area contributed by atoms with Gasteiger partial charge in [-0.25, -0.2) is 0 Å². The number of aliphatic hydroxyl groups is 1. The van der Waals surface area contributed by atoms with Gasteiger partial charge in [0.15, 0.2) is 0 Å². The lowest BCUT2D eigenvalue weighted by molar-refractivity contribution is 0.219. The second-order valence-corrected chi connectivity index (χ2v) is 5.01. The molecule has 0 aliphatic carbocycles. The zero-order valence-electron chi connectivity index (χ0n) is 10.4. The molecule has 18 heavy (non-hydrogen) atoms. The first-order valence-corrected chi connectivity index (χ1v) is 6.50. The van der Waals surface area contributed by atoms with Gasteiger partial charge in [0, 0.05) is 0 Å². The summed E-state index contributed by atoms with van der Waals surface area (Å²) in [6.45, 7) is 2.00. The van der Waals surface area contributed by atoms with Crippen molar-refractivity contribution in [2.45, 2.75) is 13.0 Å². The lowest BCUT2D eigenvalue weighted by atomic mass is 9.97. The Labute approximate surface area is 115 Å². The Morgan fingerprint density at radius 1 is 1.17 bits per heavy atom. The number of hydrogen-bond donors (Lipinski definition) is 1. The Morgan fingerprint density at radius 3 is 2.50 bits per heavy atom. The van der Waals surface area contributed by atoms with Crippen LogP contribution in [0.1, 0.15) is 22.8 Å². The standard InChI is InChI=1S/C15H15BrO2/c1-10-5-3-4-6-12(10)15(17)11-7-8-14(18-2)13(16)9-11/h3-9,15,17H,1-2H3. The Balaban J connectivity index is 2.37. The molecule has 0 spiro atoms. The molecule has 0 heterocycles. The molecule has 1 atom stereocenters. The molecular formula is C15H15BrO2. The van der Waals surface area contributed by atoms with E-state index in [1.54, 1.807) is 7.11 Å². The molecule has 0 aliphatic rings. The highest BCUT2D eigenvalue weighted by Gasteiger charge is 2.13. The van der Waals surface area contributed by atoms with Crippen molar-refractivity contribution in [3.8, 4) is 5.75 Å². The van der Waals surface area contributed by atoms with Gasteiger partial charge in [0.05, 0.1) is 11.6 Å². The molecule has 1 unspecified atom stereocenters. The third-order valence-corrected chi connectivity index (χ3v) is 3.59. The van der Waals surface area contributed by atoms with E-state index in [0.717, 1.165) is 26.9 Å². The van der Waals surface area contributed by atoms with Crippen LogP contribution in [0.2, 0.25) is 0 Å². The van der Waals surface area contributed by atoms with Gasteiger partial charge in [0.25, 0.3) is 0 Å². The summed E-state index contributed by atoms with van der Waals surface area (Å²) in [5.41, 5.74) is 2.85. The summed E-state index contributed by atoms with van der Waals surface area (Å²) in [5.74, 6) is 0.760. The average Bonchev–Trinajstić information content (AvgIpc) is 2.38. The number of methoxy groups -OCH3 is 1. The fourth-order valence-corrected chi connectivity index (χ4v) is 2.48. The summed E-state index contributed by atoms with van der Waals surface area (Å²) in [7, 11) is 1.62. The van der Waals surface area contributed by atoms with E-state index in [1.165, 1.54) is 0 Å². The molecule has 2 rings (SSSR count). The van der Waals surface area contributed by atoms with Crippen LogP contribution in [0.3, 0.4) is 0 Å². The van der Waals surface area contributed by atoms with E-state index in [4.69, 9.17) is 4.74 Å². The molecule has 0 saturated heterocycles. The predicted molar refractivity (Wildman–Crippen MR) is 75.9 cm³/mol. The minimum absolute atomic E-state index is 0.617. The maximum Gasteiger partial charge on any atom is 0.133 e. The van der Waals surface area contributed by atoms with Crippen LogP contribution in [0.5, 0.6) is 5.75 Å². The summed E-state index contributed by atoms with van der Waals surface area (Å²) in [5, 5.41) is 10.4. The molecule has 0 radical (unpaired) electrons. The van der Waals surface area contributed by atoms with Gasteiger partial charge in [0.1, 0.15) is 11.9 Å². The minimum Gasteiger partial charge on any atom is -0.496 e. The minimum atomic E-state index is -0.617. The smallest absolute Gasteiger partial charge is 0.133 e. The van der Waals surface area contributed by atoms with Gasteiger partial charge < -0.3 is 9.84 Å². The largest absolute Gasteiger partial charge is 0.496 e. The molecule has 0 saturated carbocycles. The first kappa shape index (κ1) is 13.1. The van der Waals surface area contributed by atoms with E-state index in [2.05, 4.69) is 15.9 Å². The van der Waals surface area contributed by atoms with Crippen molar-refractivity contribution in [1.29, 1.82) is 0 Å². The molecule has 2 aromatic carbocycles. The molecular weight excluding hydrogens is 292 g/mol. The van der Waals surface area contributed by atoms with Crippen molar-refractivity contribution in [3.05, 3.63) is 63.6 Å². The highest BCUT2D eigenvalue weighted by molar-refractivity contribution is 9.10. The lowest BCUT2D eigenvalue weighted by Crippen LogP contribution is -2.02. The average molecular weight is 307 g/mol. The second kappa shape index (κ2) is 5.55. The van der Waals surface area contributed by atoms with E-state index in [-0.39, 0.29) is 0 Å². The summed E-state index contributed by atoms with van der Waals surface area (Å²) in [4.78, 5) is 0. The Hall–Kier alpha value is -1.32. The molecule has 0 bridgehead atoms. The monoisotopic (exact) mass is 306 g/mol. The zero-order chi connectivity index (χ0) is 13.1. The molecule has 0 fully saturated rings. The van der Waals surface area contributed by atoms with Crippen LogP contribution in [0.25, 0.3) is 0 Å². The lowest BCUT2D eigenvalue weighted by Gasteiger charge is -2.15. The number of hydrogen-bond acceptors (Lipinski definition) is 2. The summed E-state index contributed by atoms with van der Waals surface area (Å²) >= 11 is 3.43. The van der Waals surface area contributed by atoms with Gasteiger partial charge in [-0.1, -0.05) is 30.3 Å². The summed E-state index contributed by atoms with van der Waals surface area (Å²) < 4.78 is 6.02. The van der Waals surface area contributed by atoms with Gasteiger partial charge in [0.2, 0.25) is 0 Å². The van der Waals surface area contributed by atoms with Gasteiger partial charge in [-0.3, -0.25) is 0 Å². The molecule has 1 N–H and O–H groups in total. The number of benzene rings is 2. The van der Waals surface area contributed by atoms with Gasteiger partial charge in [-0.15, -0.1) is 0 Å². The number of aryl methyl sites for hydroxylation is 1. The third-order valence-electron chi connectivity index (χ3n) is 2.97. The highest BCUT2D eigenvalue weighted by atomic mass is 79.9. The Bertz CT molecular complexity index is 552. The molecule has 2 nitrogen and oxygen atoms in total. The first-order valence-electron chi connectivity index (χ1n) is 5.70. The van der Waals surface area contributed by atoms with E-state index in [9.17, 15) is 5.11 Å². The van der Waals surface area contributed by atoms with Crippen LogP contribution in [0.15, 0.2) is 46.9 Å². The van der Waals surface area contributed by atoms with Crippen LogP contribution in [0, 0.1) is 6.92 Å². The van der Waals surface area contributed by atoms with Crippen molar-refractivity contribution in [2.24, 2.45) is 0 Å². The van der Waals surface area contributed by atoms with Gasteiger partial charge >= 0.3 is 0 Å². The quantitative estimate of drug-likeness (QED) is 0.933. The van der Waals surface area contributed by atoms with Crippen LogP contribution >= 0.6 is 15.9 Å². The number of aliphatic hydroxyl groups excluding tert-OH is 1. The van der Waals surface area contributed by atoms with Crippen molar-refractivity contribution >= 4 is 15.9 Å². The van der Waals surface area contributed by atoms with Crippen LogP contribution in [-0.4, -0.2) is 12.2 Å². The summed E-state index contributed by atoms with van der Waals surface area (Å²) in [6.07, 6.45) is -0.617. The number of halogens is 1. The molecule has 0 amide bonds. The zero-order valence-corrected chi connectivity index (χ0v) is 11.9. The third kappa shape index (κ3) is 2.57. The molecule has 94 valence electrons. The molecule has 2 aromatic rings. The van der Waals surface area contributed by atoms with E-state index in [0.29, 0.717) is 0 Å². The van der Waals surface area contributed by atoms with E-state index >= 15 is 0 Å². The maximum absolute atomic E-state index is 10.4. The second-order valence-electron chi connectivity index (χ2n) is 4.15.